The lowest BCUT2D eigenvalue weighted by atomic mass is 10.1. The molecule has 4 heteroatoms. The Morgan fingerprint density at radius 2 is 2.26 bits per heavy atom. The van der Waals surface area contributed by atoms with Crippen molar-refractivity contribution in [1.82, 2.24) is 20.0 Å². The predicted octanol–water partition coefficient (Wildman–Crippen LogP) is 1.95. The summed E-state index contributed by atoms with van der Waals surface area (Å²) in [5.41, 5.74) is 2.54. The van der Waals surface area contributed by atoms with E-state index in [4.69, 9.17) is 0 Å². The smallest absolute Gasteiger partial charge is 0.0625 e. The molecule has 4 nitrogen and oxygen atoms in total. The molecule has 0 spiro atoms. The number of likely N-dealkylation sites (tertiary alicyclic amines) is 1. The van der Waals surface area contributed by atoms with Crippen LogP contribution < -0.4 is 5.32 Å². The Labute approximate surface area is 117 Å². The maximum Gasteiger partial charge on any atom is 0.0625 e. The molecule has 1 aromatic heterocycles. The highest BCUT2D eigenvalue weighted by molar-refractivity contribution is 5.10. The zero-order valence-corrected chi connectivity index (χ0v) is 12.7. The Hall–Kier alpha value is -0.870. The van der Waals surface area contributed by atoms with E-state index in [1.165, 1.54) is 43.7 Å². The van der Waals surface area contributed by atoms with Gasteiger partial charge in [-0.3, -0.25) is 9.58 Å². The highest BCUT2D eigenvalue weighted by Crippen LogP contribution is 2.14. The first-order valence-electron chi connectivity index (χ1n) is 7.70. The number of nitrogens with zero attached hydrogens (tertiary/aromatic N) is 3. The lowest BCUT2D eigenvalue weighted by molar-refractivity contribution is 0.180. The fourth-order valence-corrected chi connectivity index (χ4v) is 2.84. The van der Waals surface area contributed by atoms with Gasteiger partial charge < -0.3 is 5.32 Å². The third-order valence-corrected chi connectivity index (χ3v) is 3.96. The van der Waals surface area contributed by atoms with Crippen molar-refractivity contribution in [2.75, 3.05) is 19.6 Å². The Kier molecular flexibility index (Phi) is 5.40. The standard InChI is InChI=1S/C15H28N4/c1-4-8-16-14-7-6-9-19(11-14)12-15-10-13(5-2)17-18(15)3/h10,14,16H,4-9,11-12H2,1-3H3. The van der Waals surface area contributed by atoms with Gasteiger partial charge in [-0.1, -0.05) is 13.8 Å². The van der Waals surface area contributed by atoms with Crippen molar-refractivity contribution in [2.24, 2.45) is 7.05 Å². The Bertz CT molecular complexity index is 385. The first-order valence-corrected chi connectivity index (χ1v) is 7.70. The molecule has 1 N–H and O–H groups in total. The molecule has 1 atom stereocenters. The first-order chi connectivity index (χ1) is 9.22. The predicted molar refractivity (Wildman–Crippen MR) is 79.2 cm³/mol. The average molecular weight is 264 g/mol. The Balaban J connectivity index is 1.89. The van der Waals surface area contributed by atoms with Crippen LogP contribution >= 0.6 is 0 Å². The van der Waals surface area contributed by atoms with Gasteiger partial charge in [0.05, 0.1) is 11.4 Å². The van der Waals surface area contributed by atoms with Gasteiger partial charge in [-0.05, 0) is 44.8 Å². The van der Waals surface area contributed by atoms with E-state index in [1.807, 2.05) is 4.68 Å². The summed E-state index contributed by atoms with van der Waals surface area (Å²) in [6, 6.07) is 2.93. The largest absolute Gasteiger partial charge is 0.313 e. The first kappa shape index (κ1) is 14.5. The number of aromatic nitrogens is 2. The summed E-state index contributed by atoms with van der Waals surface area (Å²) in [4.78, 5) is 2.56. The van der Waals surface area contributed by atoms with Gasteiger partial charge in [-0.15, -0.1) is 0 Å². The van der Waals surface area contributed by atoms with Gasteiger partial charge in [-0.2, -0.15) is 5.10 Å². The van der Waals surface area contributed by atoms with Crippen LogP contribution in [0.2, 0.25) is 0 Å². The van der Waals surface area contributed by atoms with Crippen LogP contribution in [-0.4, -0.2) is 40.4 Å². The van der Waals surface area contributed by atoms with Crippen molar-refractivity contribution in [2.45, 2.75) is 52.1 Å². The van der Waals surface area contributed by atoms with Crippen molar-refractivity contribution in [3.05, 3.63) is 17.5 Å². The number of nitrogens with one attached hydrogen (secondary N) is 1. The van der Waals surface area contributed by atoms with Crippen LogP contribution in [0.4, 0.5) is 0 Å². The summed E-state index contributed by atoms with van der Waals surface area (Å²) >= 11 is 0. The highest BCUT2D eigenvalue weighted by Gasteiger charge is 2.20. The van der Waals surface area contributed by atoms with Gasteiger partial charge in [0.15, 0.2) is 0 Å². The van der Waals surface area contributed by atoms with E-state index in [-0.39, 0.29) is 0 Å². The molecule has 1 fully saturated rings. The number of rotatable bonds is 6. The summed E-state index contributed by atoms with van der Waals surface area (Å²) in [6.45, 7) is 8.97. The summed E-state index contributed by atoms with van der Waals surface area (Å²) in [5, 5.41) is 8.19. The molecule has 2 rings (SSSR count). The number of aryl methyl sites for hydroxylation is 2. The van der Waals surface area contributed by atoms with E-state index in [0.717, 1.165) is 19.5 Å². The lowest BCUT2D eigenvalue weighted by Gasteiger charge is -2.33. The van der Waals surface area contributed by atoms with Crippen molar-refractivity contribution in [3.63, 3.8) is 0 Å². The third kappa shape index (κ3) is 4.05. The van der Waals surface area contributed by atoms with Gasteiger partial charge in [0.25, 0.3) is 0 Å². The molecule has 19 heavy (non-hydrogen) atoms. The van der Waals surface area contributed by atoms with Crippen molar-refractivity contribution >= 4 is 0 Å². The van der Waals surface area contributed by atoms with Crippen molar-refractivity contribution in [3.8, 4) is 0 Å². The molecule has 1 aliphatic rings. The summed E-state index contributed by atoms with van der Waals surface area (Å²) in [5.74, 6) is 0. The maximum atomic E-state index is 4.54. The Morgan fingerprint density at radius 1 is 1.42 bits per heavy atom. The molecule has 0 amide bonds. The van der Waals surface area contributed by atoms with Gasteiger partial charge >= 0.3 is 0 Å². The van der Waals surface area contributed by atoms with Crippen LogP contribution in [0.3, 0.4) is 0 Å². The quantitative estimate of drug-likeness (QED) is 0.852. The second-order valence-corrected chi connectivity index (χ2v) is 5.63. The van der Waals surface area contributed by atoms with Crippen LogP contribution in [0.15, 0.2) is 6.07 Å². The lowest BCUT2D eigenvalue weighted by Crippen LogP contribution is -2.45. The summed E-state index contributed by atoms with van der Waals surface area (Å²) in [7, 11) is 2.06. The van der Waals surface area contributed by atoms with Crippen molar-refractivity contribution in [1.29, 1.82) is 0 Å². The third-order valence-electron chi connectivity index (χ3n) is 3.96. The number of hydrogen-bond donors (Lipinski definition) is 1. The maximum absolute atomic E-state index is 4.54. The molecule has 1 unspecified atom stereocenters. The van der Waals surface area contributed by atoms with Crippen LogP contribution in [-0.2, 0) is 20.0 Å². The molecule has 0 aliphatic carbocycles. The fraction of sp³-hybridized carbons (Fsp3) is 0.800. The van der Waals surface area contributed by atoms with Crippen LogP contribution in [0.5, 0.6) is 0 Å². The molecule has 108 valence electrons. The van der Waals surface area contributed by atoms with Gasteiger partial charge in [0, 0.05) is 26.2 Å². The van der Waals surface area contributed by atoms with Crippen LogP contribution in [0.25, 0.3) is 0 Å². The zero-order valence-electron chi connectivity index (χ0n) is 12.7. The second-order valence-electron chi connectivity index (χ2n) is 5.63. The monoisotopic (exact) mass is 264 g/mol. The normalized spacial score (nSPS) is 20.9. The number of hydrogen-bond acceptors (Lipinski definition) is 3. The van der Waals surface area contributed by atoms with E-state index in [1.54, 1.807) is 0 Å². The second kappa shape index (κ2) is 7.06. The molecule has 1 aromatic rings. The molecular formula is C15H28N4. The molecule has 1 saturated heterocycles. The van der Waals surface area contributed by atoms with E-state index in [0.29, 0.717) is 6.04 Å². The van der Waals surface area contributed by atoms with E-state index in [2.05, 4.69) is 42.3 Å². The van der Waals surface area contributed by atoms with Crippen molar-refractivity contribution < 1.29 is 0 Å². The van der Waals surface area contributed by atoms with Gasteiger partial charge in [0.1, 0.15) is 0 Å². The molecule has 0 aromatic carbocycles. The zero-order chi connectivity index (χ0) is 13.7. The fourth-order valence-electron chi connectivity index (χ4n) is 2.84. The summed E-state index contributed by atoms with van der Waals surface area (Å²) < 4.78 is 2.04. The van der Waals surface area contributed by atoms with Gasteiger partial charge in [-0.25, -0.2) is 0 Å². The number of piperidine rings is 1. The molecular weight excluding hydrogens is 236 g/mol. The minimum atomic E-state index is 0.674. The van der Waals surface area contributed by atoms with Gasteiger partial charge in [0.2, 0.25) is 0 Å². The molecule has 0 bridgehead atoms. The average Bonchev–Trinajstić information content (AvgIpc) is 2.77. The summed E-state index contributed by atoms with van der Waals surface area (Å²) in [6.07, 6.45) is 4.87. The van der Waals surface area contributed by atoms with Crippen LogP contribution in [0, 0.1) is 0 Å². The van der Waals surface area contributed by atoms with E-state index >= 15 is 0 Å². The molecule has 1 aliphatic heterocycles. The topological polar surface area (TPSA) is 33.1 Å². The van der Waals surface area contributed by atoms with Crippen LogP contribution in [0.1, 0.15) is 44.5 Å². The van der Waals surface area contributed by atoms with E-state index in [9.17, 15) is 0 Å². The molecule has 0 saturated carbocycles. The van der Waals surface area contributed by atoms with E-state index < -0.39 is 0 Å². The SMILES string of the molecule is CCCNC1CCCN(Cc2cc(CC)nn2C)C1. The molecule has 0 radical (unpaired) electrons. The minimum Gasteiger partial charge on any atom is -0.313 e. The highest BCUT2D eigenvalue weighted by atomic mass is 15.3. The minimum absolute atomic E-state index is 0.674. The molecule has 2 heterocycles. The Morgan fingerprint density at radius 3 is 2.95 bits per heavy atom.